The van der Waals surface area contributed by atoms with E-state index in [1.165, 1.54) is 16.0 Å². The van der Waals surface area contributed by atoms with Crippen LogP contribution < -0.4 is 0 Å². The first-order chi connectivity index (χ1) is 7.51. The van der Waals surface area contributed by atoms with Gasteiger partial charge in [-0.1, -0.05) is 6.07 Å². The van der Waals surface area contributed by atoms with Crippen molar-refractivity contribution in [2.24, 2.45) is 0 Å². The molecule has 0 heterocycles. The second-order valence-corrected chi connectivity index (χ2v) is 5.54. The van der Waals surface area contributed by atoms with Crippen molar-refractivity contribution in [2.45, 2.75) is 18.0 Å². The van der Waals surface area contributed by atoms with Gasteiger partial charge in [-0.05, 0) is 57.7 Å². The molecule has 3 heteroatoms. The molecule has 0 aromatic heterocycles. The van der Waals surface area contributed by atoms with Gasteiger partial charge in [0.25, 0.3) is 0 Å². The monoisotopic (exact) mass is 238 g/mol. The van der Waals surface area contributed by atoms with Gasteiger partial charge < -0.3 is 9.80 Å². The lowest BCUT2D eigenvalue weighted by Gasteiger charge is -2.15. The molecule has 0 saturated carbocycles. The van der Waals surface area contributed by atoms with Gasteiger partial charge >= 0.3 is 0 Å². The molecule has 0 spiro atoms. The minimum atomic E-state index is 1.01. The molecule has 0 aliphatic rings. The van der Waals surface area contributed by atoms with E-state index in [-0.39, 0.29) is 0 Å². The Kier molecular flexibility index (Phi) is 5.32. The lowest BCUT2D eigenvalue weighted by molar-refractivity contribution is 0.395. The number of hydrogen-bond donors (Lipinski definition) is 0. The van der Waals surface area contributed by atoms with Crippen LogP contribution >= 0.6 is 11.8 Å². The van der Waals surface area contributed by atoms with Gasteiger partial charge in [0.2, 0.25) is 0 Å². The summed E-state index contributed by atoms with van der Waals surface area (Å²) in [7, 11) is 8.43. The van der Waals surface area contributed by atoms with E-state index in [1.54, 1.807) is 0 Å². The molecular weight excluding hydrogens is 216 g/mol. The zero-order valence-electron chi connectivity index (χ0n) is 10.9. The van der Waals surface area contributed by atoms with E-state index < -0.39 is 0 Å². The SMILES string of the molecule is CSc1cc(CN(C)C)cc(CN(C)C)c1. The summed E-state index contributed by atoms with van der Waals surface area (Å²) in [5.41, 5.74) is 2.79. The fraction of sp³-hybridized carbons (Fsp3) is 0.538. The highest BCUT2D eigenvalue weighted by molar-refractivity contribution is 7.98. The Labute approximate surface area is 104 Å². The highest BCUT2D eigenvalue weighted by Gasteiger charge is 2.03. The van der Waals surface area contributed by atoms with Crippen LogP contribution in [0.2, 0.25) is 0 Å². The minimum Gasteiger partial charge on any atom is -0.305 e. The van der Waals surface area contributed by atoms with Crippen molar-refractivity contribution in [1.29, 1.82) is 0 Å². The van der Waals surface area contributed by atoms with Crippen LogP contribution in [0.25, 0.3) is 0 Å². The summed E-state index contributed by atoms with van der Waals surface area (Å²) >= 11 is 1.81. The van der Waals surface area contributed by atoms with Crippen molar-refractivity contribution >= 4 is 11.8 Å². The number of hydrogen-bond acceptors (Lipinski definition) is 3. The second kappa shape index (κ2) is 6.28. The van der Waals surface area contributed by atoms with Crippen molar-refractivity contribution < 1.29 is 0 Å². The molecule has 0 unspecified atom stereocenters. The fourth-order valence-electron chi connectivity index (χ4n) is 1.76. The average Bonchev–Trinajstić information content (AvgIpc) is 2.14. The summed E-state index contributed by atoms with van der Waals surface area (Å²) in [6.45, 7) is 2.02. The van der Waals surface area contributed by atoms with Crippen LogP contribution in [-0.2, 0) is 13.1 Å². The predicted octanol–water partition coefficient (Wildman–Crippen LogP) is 2.53. The molecule has 90 valence electrons. The number of rotatable bonds is 5. The maximum atomic E-state index is 2.31. The van der Waals surface area contributed by atoms with Crippen LogP contribution in [0.5, 0.6) is 0 Å². The Bertz CT molecular complexity index is 306. The highest BCUT2D eigenvalue weighted by atomic mass is 32.2. The van der Waals surface area contributed by atoms with Crippen LogP contribution in [0.1, 0.15) is 11.1 Å². The van der Waals surface area contributed by atoms with Crippen LogP contribution in [0.3, 0.4) is 0 Å². The van der Waals surface area contributed by atoms with E-state index in [2.05, 4.69) is 62.4 Å². The topological polar surface area (TPSA) is 6.48 Å². The van der Waals surface area contributed by atoms with E-state index in [4.69, 9.17) is 0 Å². The van der Waals surface area contributed by atoms with Crippen molar-refractivity contribution in [3.05, 3.63) is 29.3 Å². The van der Waals surface area contributed by atoms with Crippen molar-refractivity contribution in [3.63, 3.8) is 0 Å². The summed E-state index contributed by atoms with van der Waals surface area (Å²) in [6.07, 6.45) is 2.13. The molecule has 0 aliphatic heterocycles. The van der Waals surface area contributed by atoms with E-state index in [0.717, 1.165) is 13.1 Å². The van der Waals surface area contributed by atoms with Crippen LogP contribution in [0, 0.1) is 0 Å². The van der Waals surface area contributed by atoms with Gasteiger partial charge in [0.05, 0.1) is 0 Å². The van der Waals surface area contributed by atoms with E-state index in [9.17, 15) is 0 Å². The molecule has 0 saturated heterocycles. The average molecular weight is 238 g/mol. The Morgan fingerprint density at radius 2 is 1.31 bits per heavy atom. The maximum absolute atomic E-state index is 2.31. The smallest absolute Gasteiger partial charge is 0.0228 e. The summed E-state index contributed by atoms with van der Waals surface area (Å²) in [5.74, 6) is 0. The van der Waals surface area contributed by atoms with Gasteiger partial charge in [-0.2, -0.15) is 0 Å². The van der Waals surface area contributed by atoms with Crippen molar-refractivity contribution in [3.8, 4) is 0 Å². The van der Waals surface area contributed by atoms with Crippen molar-refractivity contribution in [1.82, 2.24) is 9.80 Å². The summed E-state index contributed by atoms with van der Waals surface area (Å²) < 4.78 is 0. The van der Waals surface area contributed by atoms with Gasteiger partial charge in [0.15, 0.2) is 0 Å². The molecule has 0 bridgehead atoms. The van der Waals surface area contributed by atoms with Crippen LogP contribution in [0.15, 0.2) is 23.1 Å². The first kappa shape index (κ1) is 13.6. The third kappa shape index (κ3) is 4.56. The van der Waals surface area contributed by atoms with Gasteiger partial charge in [-0.15, -0.1) is 11.8 Å². The van der Waals surface area contributed by atoms with Gasteiger partial charge in [0, 0.05) is 18.0 Å². The second-order valence-electron chi connectivity index (χ2n) is 4.66. The Morgan fingerprint density at radius 3 is 1.62 bits per heavy atom. The van der Waals surface area contributed by atoms with Crippen LogP contribution in [0.4, 0.5) is 0 Å². The molecule has 0 amide bonds. The number of thioether (sulfide) groups is 1. The summed E-state index contributed by atoms with van der Waals surface area (Å²) in [4.78, 5) is 5.77. The van der Waals surface area contributed by atoms with Crippen molar-refractivity contribution in [2.75, 3.05) is 34.4 Å². The molecule has 0 aliphatic carbocycles. The zero-order valence-corrected chi connectivity index (χ0v) is 11.8. The van der Waals surface area contributed by atoms with Gasteiger partial charge in [0.1, 0.15) is 0 Å². The molecule has 1 aromatic rings. The highest BCUT2D eigenvalue weighted by Crippen LogP contribution is 2.20. The maximum Gasteiger partial charge on any atom is 0.0228 e. The quantitative estimate of drug-likeness (QED) is 0.728. The Hall–Kier alpha value is -0.510. The van der Waals surface area contributed by atoms with Gasteiger partial charge in [-0.3, -0.25) is 0 Å². The third-order valence-corrected chi connectivity index (χ3v) is 2.97. The molecule has 16 heavy (non-hydrogen) atoms. The Balaban J connectivity index is 2.91. The standard InChI is InChI=1S/C13H22N2S/c1-14(2)9-11-6-12(10-15(3)4)8-13(7-11)16-5/h6-8H,9-10H2,1-5H3. The molecule has 0 atom stereocenters. The van der Waals surface area contributed by atoms with E-state index >= 15 is 0 Å². The summed E-state index contributed by atoms with van der Waals surface area (Å²) in [5, 5.41) is 0. The lowest BCUT2D eigenvalue weighted by atomic mass is 10.1. The zero-order chi connectivity index (χ0) is 12.1. The molecule has 2 nitrogen and oxygen atoms in total. The lowest BCUT2D eigenvalue weighted by Crippen LogP contribution is -2.13. The Morgan fingerprint density at radius 1 is 0.875 bits per heavy atom. The van der Waals surface area contributed by atoms with E-state index in [0.29, 0.717) is 0 Å². The van der Waals surface area contributed by atoms with E-state index in [1.807, 2.05) is 11.8 Å². The van der Waals surface area contributed by atoms with Crippen LogP contribution in [-0.4, -0.2) is 44.2 Å². The molecule has 1 rings (SSSR count). The first-order valence-corrected chi connectivity index (χ1v) is 6.70. The molecule has 0 N–H and O–H groups in total. The largest absolute Gasteiger partial charge is 0.305 e. The minimum absolute atomic E-state index is 1.01. The third-order valence-electron chi connectivity index (χ3n) is 2.26. The first-order valence-electron chi connectivity index (χ1n) is 5.47. The molecular formula is C13H22N2S. The molecule has 0 radical (unpaired) electrons. The number of benzene rings is 1. The van der Waals surface area contributed by atoms with Gasteiger partial charge in [-0.25, -0.2) is 0 Å². The molecule has 0 fully saturated rings. The molecule has 1 aromatic carbocycles. The normalized spacial score (nSPS) is 11.4. The fourth-order valence-corrected chi connectivity index (χ4v) is 2.30. The summed E-state index contributed by atoms with van der Waals surface area (Å²) in [6, 6.07) is 6.87. The number of nitrogens with zero attached hydrogens (tertiary/aromatic N) is 2. The predicted molar refractivity (Wildman–Crippen MR) is 73.0 cm³/mol.